The van der Waals surface area contributed by atoms with Gasteiger partial charge in [-0.15, -0.1) is 0 Å². The molecule has 0 aromatic carbocycles. The Balaban J connectivity index is 2.19. The van der Waals surface area contributed by atoms with Gasteiger partial charge in [0.25, 0.3) is 0 Å². The lowest BCUT2D eigenvalue weighted by atomic mass is 9.88. The molecule has 4 unspecified atom stereocenters. The first-order valence-electron chi connectivity index (χ1n) is 6.34. The van der Waals surface area contributed by atoms with Crippen LogP contribution in [0.2, 0.25) is 0 Å². The van der Waals surface area contributed by atoms with E-state index < -0.39 is 17.7 Å². The van der Waals surface area contributed by atoms with E-state index in [9.17, 15) is 10.2 Å². The maximum absolute atomic E-state index is 10.4. The zero-order chi connectivity index (χ0) is 11.8. The molecule has 16 heavy (non-hydrogen) atoms. The van der Waals surface area contributed by atoms with Crippen LogP contribution in [0.25, 0.3) is 0 Å². The first-order valence-corrected chi connectivity index (χ1v) is 6.34. The molecule has 2 fully saturated rings. The smallest absolute Gasteiger partial charge is 0.192 e. The number of rotatable bonds is 2. The highest BCUT2D eigenvalue weighted by Gasteiger charge is 2.54. The van der Waals surface area contributed by atoms with Crippen LogP contribution in [0.3, 0.4) is 0 Å². The lowest BCUT2D eigenvalue weighted by Crippen LogP contribution is -2.64. The molecule has 4 nitrogen and oxygen atoms in total. The van der Waals surface area contributed by atoms with Crippen molar-refractivity contribution in [3.8, 4) is 0 Å². The van der Waals surface area contributed by atoms with Crippen molar-refractivity contribution in [3.05, 3.63) is 0 Å². The number of aliphatic hydroxyl groups is 2. The van der Waals surface area contributed by atoms with Crippen molar-refractivity contribution < 1.29 is 19.7 Å². The monoisotopic (exact) mass is 230 g/mol. The Morgan fingerprint density at radius 3 is 2.56 bits per heavy atom. The third-order valence-electron chi connectivity index (χ3n) is 3.83. The Bertz CT molecular complexity index is 247. The molecule has 0 radical (unpaired) electrons. The Morgan fingerprint density at radius 2 is 1.94 bits per heavy atom. The number of hydrogen-bond acceptors (Lipinski definition) is 4. The molecule has 4 heteroatoms. The summed E-state index contributed by atoms with van der Waals surface area (Å²) in [7, 11) is 0. The van der Waals surface area contributed by atoms with E-state index in [2.05, 4.69) is 0 Å². The van der Waals surface area contributed by atoms with Crippen molar-refractivity contribution >= 4 is 0 Å². The molecule has 2 N–H and O–H groups in total. The van der Waals surface area contributed by atoms with Crippen molar-refractivity contribution in [1.82, 2.24) is 0 Å². The van der Waals surface area contributed by atoms with E-state index in [-0.39, 0.29) is 6.10 Å². The minimum atomic E-state index is -1.23. The average Bonchev–Trinajstić information content (AvgIpc) is 2.29. The second-order valence-electron chi connectivity index (χ2n) is 4.91. The van der Waals surface area contributed by atoms with Crippen LogP contribution in [-0.4, -0.2) is 34.0 Å². The summed E-state index contributed by atoms with van der Waals surface area (Å²) in [5, 5.41) is 20.7. The summed E-state index contributed by atoms with van der Waals surface area (Å²) in [6.07, 6.45) is 3.65. The maximum atomic E-state index is 10.4. The van der Waals surface area contributed by atoms with Crippen molar-refractivity contribution in [1.29, 1.82) is 0 Å². The fourth-order valence-corrected chi connectivity index (χ4v) is 2.75. The van der Waals surface area contributed by atoms with Gasteiger partial charge in [0.05, 0.1) is 0 Å². The van der Waals surface area contributed by atoms with E-state index >= 15 is 0 Å². The quantitative estimate of drug-likeness (QED) is 0.755. The summed E-state index contributed by atoms with van der Waals surface area (Å²) >= 11 is 0. The fourth-order valence-electron chi connectivity index (χ4n) is 2.75. The van der Waals surface area contributed by atoms with Crippen LogP contribution in [0.15, 0.2) is 0 Å². The van der Waals surface area contributed by atoms with E-state index in [4.69, 9.17) is 9.47 Å². The van der Waals surface area contributed by atoms with E-state index in [1.807, 2.05) is 13.8 Å². The van der Waals surface area contributed by atoms with Crippen molar-refractivity contribution in [2.24, 2.45) is 0 Å². The third-order valence-corrected chi connectivity index (χ3v) is 3.83. The lowest BCUT2D eigenvalue weighted by molar-refractivity contribution is -0.431. The third kappa shape index (κ3) is 1.88. The van der Waals surface area contributed by atoms with Gasteiger partial charge < -0.3 is 19.7 Å². The standard InChI is InChI=1S/C12H22O4/c1-3-9-11(13,4-2)16-10-7-5-6-8-12(10,14)15-9/h9-10,13-14H,3-8H2,1-2H3. The van der Waals surface area contributed by atoms with Crippen molar-refractivity contribution in [3.63, 3.8) is 0 Å². The summed E-state index contributed by atoms with van der Waals surface area (Å²) in [6, 6.07) is 0. The van der Waals surface area contributed by atoms with Gasteiger partial charge in [0.15, 0.2) is 11.6 Å². The van der Waals surface area contributed by atoms with Gasteiger partial charge in [-0.3, -0.25) is 0 Å². The number of fused-ring (bicyclic) bond motifs is 1. The van der Waals surface area contributed by atoms with Crippen molar-refractivity contribution in [2.75, 3.05) is 0 Å². The molecule has 94 valence electrons. The lowest BCUT2D eigenvalue weighted by Gasteiger charge is -2.52. The molecule has 0 amide bonds. The predicted octanol–water partition coefficient (Wildman–Crippen LogP) is 1.54. The van der Waals surface area contributed by atoms with Gasteiger partial charge >= 0.3 is 0 Å². The van der Waals surface area contributed by atoms with E-state index in [0.717, 1.165) is 19.3 Å². The van der Waals surface area contributed by atoms with E-state index in [1.165, 1.54) is 0 Å². The first kappa shape index (κ1) is 12.3. The molecule has 0 spiro atoms. The van der Waals surface area contributed by atoms with E-state index in [0.29, 0.717) is 19.3 Å². The molecule has 2 aliphatic rings. The highest BCUT2D eigenvalue weighted by atomic mass is 16.7. The molecule has 0 bridgehead atoms. The van der Waals surface area contributed by atoms with Crippen LogP contribution in [0.4, 0.5) is 0 Å². The van der Waals surface area contributed by atoms with Crippen LogP contribution >= 0.6 is 0 Å². The minimum absolute atomic E-state index is 0.381. The molecule has 1 saturated heterocycles. The summed E-state index contributed by atoms with van der Waals surface area (Å²) in [5.74, 6) is -2.41. The van der Waals surface area contributed by atoms with Crippen LogP contribution < -0.4 is 0 Å². The Labute approximate surface area is 96.6 Å². The molecular weight excluding hydrogens is 208 g/mol. The summed E-state index contributed by atoms with van der Waals surface area (Å²) < 4.78 is 11.4. The van der Waals surface area contributed by atoms with Gasteiger partial charge in [0, 0.05) is 12.8 Å². The predicted molar refractivity (Wildman–Crippen MR) is 58.7 cm³/mol. The van der Waals surface area contributed by atoms with E-state index in [1.54, 1.807) is 0 Å². The van der Waals surface area contributed by atoms with Crippen molar-refractivity contribution in [2.45, 2.75) is 76.2 Å². The highest BCUT2D eigenvalue weighted by molar-refractivity contribution is 4.93. The zero-order valence-electron chi connectivity index (χ0n) is 10.1. The van der Waals surface area contributed by atoms with Crippen LogP contribution in [0.1, 0.15) is 52.4 Å². The second-order valence-corrected chi connectivity index (χ2v) is 4.91. The molecule has 1 aliphatic carbocycles. The Morgan fingerprint density at radius 1 is 1.19 bits per heavy atom. The molecule has 1 saturated carbocycles. The van der Waals surface area contributed by atoms with Gasteiger partial charge in [-0.05, 0) is 19.3 Å². The molecule has 2 rings (SSSR count). The van der Waals surface area contributed by atoms with Crippen LogP contribution in [0, 0.1) is 0 Å². The van der Waals surface area contributed by atoms with Gasteiger partial charge in [-0.2, -0.15) is 0 Å². The topological polar surface area (TPSA) is 58.9 Å². The normalized spacial score (nSPS) is 48.8. The molecular formula is C12H22O4. The molecule has 0 aromatic heterocycles. The minimum Gasteiger partial charge on any atom is -0.363 e. The summed E-state index contributed by atoms with van der Waals surface area (Å²) in [5.41, 5.74) is 0. The van der Waals surface area contributed by atoms with Gasteiger partial charge in [-0.25, -0.2) is 0 Å². The van der Waals surface area contributed by atoms with Gasteiger partial charge in [0.1, 0.15) is 12.2 Å². The molecule has 0 aromatic rings. The molecule has 1 heterocycles. The zero-order valence-corrected chi connectivity index (χ0v) is 10.1. The summed E-state index contributed by atoms with van der Waals surface area (Å²) in [6.45, 7) is 3.81. The number of ether oxygens (including phenoxy) is 2. The first-order chi connectivity index (χ1) is 7.54. The second kappa shape index (κ2) is 4.26. The summed E-state index contributed by atoms with van der Waals surface area (Å²) in [4.78, 5) is 0. The van der Waals surface area contributed by atoms with Crippen LogP contribution in [-0.2, 0) is 9.47 Å². The highest BCUT2D eigenvalue weighted by Crippen LogP contribution is 2.42. The van der Waals surface area contributed by atoms with Gasteiger partial charge in [0.2, 0.25) is 0 Å². The SMILES string of the molecule is CCC1OC2(O)CCCCC2OC1(O)CC. The largest absolute Gasteiger partial charge is 0.363 e. The maximum Gasteiger partial charge on any atom is 0.192 e. The average molecular weight is 230 g/mol. The van der Waals surface area contributed by atoms with Crippen LogP contribution in [0.5, 0.6) is 0 Å². The fraction of sp³-hybridized carbons (Fsp3) is 1.00. The van der Waals surface area contributed by atoms with Gasteiger partial charge in [-0.1, -0.05) is 20.3 Å². The molecule has 1 aliphatic heterocycles. The molecule has 4 atom stereocenters. The Hall–Kier alpha value is -0.160. The Kier molecular flexibility index (Phi) is 3.27. The number of hydrogen-bond donors (Lipinski definition) is 2.